The molecule has 2 saturated heterocycles. The molecule has 2 aliphatic carbocycles. The standard InChI is InChI=1S/C20H31NO5/c1-11(21-17(22)13-5-7-19(3)15(9-13)25-19)12(2)24-18(23)14-6-8-20(4)16(10-14)26-20/h11-16H,5-10H2,1-4H3,(H,21,22). The van der Waals surface area contributed by atoms with Crippen LogP contribution in [0.15, 0.2) is 0 Å². The van der Waals surface area contributed by atoms with Crippen LogP contribution in [0.4, 0.5) is 0 Å². The largest absolute Gasteiger partial charge is 0.460 e. The predicted octanol–water partition coefficient (Wildman–Crippen LogP) is 2.34. The summed E-state index contributed by atoms with van der Waals surface area (Å²) in [4.78, 5) is 25.0. The molecule has 0 radical (unpaired) electrons. The zero-order valence-corrected chi connectivity index (χ0v) is 16.2. The molecule has 26 heavy (non-hydrogen) atoms. The molecule has 0 aromatic carbocycles. The molecule has 0 aromatic heterocycles. The molecule has 4 rings (SSSR count). The fourth-order valence-electron chi connectivity index (χ4n) is 4.58. The van der Waals surface area contributed by atoms with Gasteiger partial charge in [0.1, 0.15) is 6.10 Å². The highest BCUT2D eigenvalue weighted by molar-refractivity contribution is 5.79. The number of hydrogen-bond donors (Lipinski definition) is 1. The molecule has 0 bridgehead atoms. The van der Waals surface area contributed by atoms with Gasteiger partial charge in [0.15, 0.2) is 0 Å². The molecule has 0 aromatic rings. The van der Waals surface area contributed by atoms with E-state index >= 15 is 0 Å². The third-order valence-electron chi connectivity index (χ3n) is 7.13. The van der Waals surface area contributed by atoms with Crippen LogP contribution in [0.5, 0.6) is 0 Å². The quantitative estimate of drug-likeness (QED) is 0.597. The Balaban J connectivity index is 1.22. The van der Waals surface area contributed by atoms with E-state index in [9.17, 15) is 9.59 Å². The molecule has 1 N–H and O–H groups in total. The number of nitrogens with one attached hydrogen (secondary N) is 1. The van der Waals surface area contributed by atoms with Crippen LogP contribution in [-0.4, -0.2) is 47.4 Å². The van der Waals surface area contributed by atoms with Crippen LogP contribution in [0.1, 0.15) is 66.2 Å². The second-order valence-electron chi connectivity index (χ2n) is 9.22. The third-order valence-corrected chi connectivity index (χ3v) is 7.13. The minimum Gasteiger partial charge on any atom is -0.460 e. The Morgan fingerprint density at radius 2 is 1.54 bits per heavy atom. The van der Waals surface area contributed by atoms with Crippen LogP contribution in [0, 0.1) is 11.8 Å². The minimum absolute atomic E-state index is 0.00367. The maximum absolute atomic E-state index is 12.5. The van der Waals surface area contributed by atoms with Gasteiger partial charge in [0, 0.05) is 5.92 Å². The summed E-state index contributed by atoms with van der Waals surface area (Å²) in [6.45, 7) is 7.99. The number of ether oxygens (including phenoxy) is 3. The fraction of sp³-hybridized carbons (Fsp3) is 0.900. The molecular formula is C20H31NO5. The molecule has 2 heterocycles. The molecule has 8 atom stereocenters. The number of amides is 1. The summed E-state index contributed by atoms with van der Waals surface area (Å²) < 4.78 is 17.0. The van der Waals surface area contributed by atoms with Gasteiger partial charge in [-0.25, -0.2) is 0 Å². The average molecular weight is 365 g/mol. The number of carbonyl (C=O) groups excluding carboxylic acids is 2. The van der Waals surface area contributed by atoms with E-state index in [-0.39, 0.29) is 59.3 Å². The van der Waals surface area contributed by atoms with Crippen LogP contribution in [0.3, 0.4) is 0 Å². The van der Waals surface area contributed by atoms with E-state index in [0.29, 0.717) is 0 Å². The van der Waals surface area contributed by atoms with Crippen LogP contribution in [0.2, 0.25) is 0 Å². The number of hydrogen-bond acceptors (Lipinski definition) is 5. The highest BCUT2D eigenvalue weighted by Gasteiger charge is 2.57. The Hall–Kier alpha value is -1.14. The van der Waals surface area contributed by atoms with Crippen LogP contribution < -0.4 is 5.32 Å². The monoisotopic (exact) mass is 365 g/mol. The van der Waals surface area contributed by atoms with Crippen molar-refractivity contribution in [2.24, 2.45) is 11.8 Å². The van der Waals surface area contributed by atoms with Gasteiger partial charge in [-0.2, -0.15) is 0 Å². The predicted molar refractivity (Wildman–Crippen MR) is 94.4 cm³/mol. The number of rotatable bonds is 5. The Labute approximate surface area is 155 Å². The van der Waals surface area contributed by atoms with E-state index in [2.05, 4.69) is 19.2 Å². The topological polar surface area (TPSA) is 80.5 Å². The van der Waals surface area contributed by atoms with Crippen LogP contribution in [-0.2, 0) is 23.8 Å². The van der Waals surface area contributed by atoms with Gasteiger partial charge in [-0.3, -0.25) is 9.59 Å². The van der Waals surface area contributed by atoms with E-state index in [1.807, 2.05) is 13.8 Å². The van der Waals surface area contributed by atoms with Gasteiger partial charge in [0.2, 0.25) is 5.91 Å². The molecule has 8 unspecified atom stereocenters. The SMILES string of the molecule is CC(NC(=O)C1CCC2(C)OC2C1)C(C)OC(=O)C1CCC2(C)OC2C1. The van der Waals surface area contributed by atoms with E-state index in [1.54, 1.807) is 0 Å². The van der Waals surface area contributed by atoms with Gasteiger partial charge in [0.05, 0.1) is 35.4 Å². The summed E-state index contributed by atoms with van der Waals surface area (Å²) in [5, 5.41) is 3.04. The van der Waals surface area contributed by atoms with Crippen molar-refractivity contribution in [3.05, 3.63) is 0 Å². The molecule has 146 valence electrons. The molecule has 0 spiro atoms. The van der Waals surface area contributed by atoms with Gasteiger partial charge in [-0.15, -0.1) is 0 Å². The summed E-state index contributed by atoms with van der Waals surface area (Å²) in [5.41, 5.74) is 0.0254. The first kappa shape index (κ1) is 18.2. The Bertz CT molecular complexity index is 557. The van der Waals surface area contributed by atoms with Crippen molar-refractivity contribution in [3.63, 3.8) is 0 Å². The van der Waals surface area contributed by atoms with E-state index in [4.69, 9.17) is 14.2 Å². The molecule has 2 saturated carbocycles. The lowest BCUT2D eigenvalue weighted by Gasteiger charge is -2.28. The van der Waals surface area contributed by atoms with Crippen molar-refractivity contribution in [1.82, 2.24) is 5.32 Å². The van der Waals surface area contributed by atoms with Crippen LogP contribution >= 0.6 is 0 Å². The zero-order valence-electron chi connectivity index (χ0n) is 16.2. The Morgan fingerprint density at radius 1 is 1.00 bits per heavy atom. The Kier molecular flexibility index (Phi) is 4.35. The van der Waals surface area contributed by atoms with Crippen molar-refractivity contribution >= 4 is 11.9 Å². The molecule has 4 aliphatic rings. The maximum atomic E-state index is 12.5. The Morgan fingerprint density at radius 3 is 2.12 bits per heavy atom. The number of carbonyl (C=O) groups is 2. The highest BCUT2D eigenvalue weighted by Crippen LogP contribution is 2.50. The van der Waals surface area contributed by atoms with Crippen molar-refractivity contribution in [2.75, 3.05) is 0 Å². The van der Waals surface area contributed by atoms with Crippen LogP contribution in [0.25, 0.3) is 0 Å². The first-order chi connectivity index (χ1) is 12.2. The summed E-state index contributed by atoms with van der Waals surface area (Å²) in [6.07, 6.45) is 5.20. The smallest absolute Gasteiger partial charge is 0.309 e. The van der Waals surface area contributed by atoms with Crippen molar-refractivity contribution in [2.45, 2.75) is 102 Å². The molecule has 2 aliphatic heterocycles. The highest BCUT2D eigenvalue weighted by atomic mass is 16.6. The lowest BCUT2D eigenvalue weighted by Crippen LogP contribution is -2.46. The molecule has 4 fully saturated rings. The van der Waals surface area contributed by atoms with Crippen molar-refractivity contribution < 1.29 is 23.8 Å². The number of epoxide rings is 2. The molecule has 6 nitrogen and oxygen atoms in total. The van der Waals surface area contributed by atoms with E-state index in [1.165, 1.54) is 0 Å². The van der Waals surface area contributed by atoms with Gasteiger partial charge in [-0.05, 0) is 66.2 Å². The summed E-state index contributed by atoms with van der Waals surface area (Å²) >= 11 is 0. The number of fused-ring (bicyclic) bond motifs is 2. The fourth-order valence-corrected chi connectivity index (χ4v) is 4.58. The normalized spacial score (nSPS) is 45.5. The van der Waals surface area contributed by atoms with E-state index < -0.39 is 0 Å². The van der Waals surface area contributed by atoms with Crippen molar-refractivity contribution in [3.8, 4) is 0 Å². The summed E-state index contributed by atoms with van der Waals surface area (Å²) in [6, 6.07) is -0.203. The lowest BCUT2D eigenvalue weighted by atomic mass is 9.82. The van der Waals surface area contributed by atoms with Gasteiger partial charge >= 0.3 is 5.97 Å². The van der Waals surface area contributed by atoms with E-state index in [0.717, 1.165) is 38.5 Å². The molecular weight excluding hydrogens is 334 g/mol. The summed E-state index contributed by atoms with van der Waals surface area (Å²) in [5.74, 6) is -0.179. The average Bonchev–Trinajstić information content (AvgIpc) is 3.45. The first-order valence-electron chi connectivity index (χ1n) is 10.1. The van der Waals surface area contributed by atoms with Gasteiger partial charge < -0.3 is 19.5 Å². The molecule has 6 heteroatoms. The zero-order chi connectivity index (χ0) is 18.7. The lowest BCUT2D eigenvalue weighted by molar-refractivity contribution is -0.156. The third kappa shape index (κ3) is 3.38. The van der Waals surface area contributed by atoms with Gasteiger partial charge in [0.25, 0.3) is 0 Å². The molecule has 1 amide bonds. The van der Waals surface area contributed by atoms with Gasteiger partial charge in [-0.1, -0.05) is 0 Å². The summed E-state index contributed by atoms with van der Waals surface area (Å²) in [7, 11) is 0. The second kappa shape index (κ2) is 6.20. The number of esters is 1. The maximum Gasteiger partial charge on any atom is 0.309 e. The second-order valence-corrected chi connectivity index (χ2v) is 9.22. The first-order valence-corrected chi connectivity index (χ1v) is 10.1. The van der Waals surface area contributed by atoms with Crippen molar-refractivity contribution in [1.29, 1.82) is 0 Å². The minimum atomic E-state index is -0.342.